The van der Waals surface area contributed by atoms with E-state index in [1.165, 1.54) is 12.1 Å². The highest BCUT2D eigenvalue weighted by atomic mass is 19.1. The first-order chi connectivity index (χ1) is 13.8. The van der Waals surface area contributed by atoms with Crippen LogP contribution in [0.15, 0.2) is 48.5 Å². The summed E-state index contributed by atoms with van der Waals surface area (Å²) in [5.41, 5.74) is 2.81. The molecule has 0 radical (unpaired) electrons. The molecule has 29 heavy (non-hydrogen) atoms. The van der Waals surface area contributed by atoms with Crippen molar-refractivity contribution in [3.05, 3.63) is 71.0 Å². The van der Waals surface area contributed by atoms with Crippen molar-refractivity contribution in [2.75, 3.05) is 0 Å². The average Bonchev–Trinajstić information content (AvgIpc) is 2.70. The van der Waals surface area contributed by atoms with Crippen molar-refractivity contribution in [3.8, 4) is 0 Å². The first-order valence-corrected chi connectivity index (χ1v) is 10.2. The highest BCUT2D eigenvalue weighted by Gasteiger charge is 2.29. The quantitative estimate of drug-likeness (QED) is 0.681. The van der Waals surface area contributed by atoms with Gasteiger partial charge in [-0.3, -0.25) is 9.59 Å². The van der Waals surface area contributed by atoms with Crippen LogP contribution in [0.4, 0.5) is 4.39 Å². The highest BCUT2D eigenvalue weighted by Crippen LogP contribution is 2.17. The zero-order valence-corrected chi connectivity index (χ0v) is 17.7. The number of nitrogens with one attached hydrogen (secondary N) is 1. The Bertz CT molecular complexity index is 820. The number of nitrogens with zero attached hydrogens (tertiary/aromatic N) is 1. The van der Waals surface area contributed by atoms with Crippen LogP contribution in [-0.4, -0.2) is 28.8 Å². The molecule has 0 spiro atoms. The molecular weight excluding hydrogens is 367 g/mol. The molecule has 2 amide bonds. The Morgan fingerprint density at radius 2 is 1.69 bits per heavy atom. The zero-order valence-electron chi connectivity index (χ0n) is 17.7. The van der Waals surface area contributed by atoms with Gasteiger partial charge in [0.1, 0.15) is 11.9 Å². The highest BCUT2D eigenvalue weighted by molar-refractivity contribution is 5.88. The number of aryl methyl sites for hydroxylation is 1. The maximum absolute atomic E-state index is 13.2. The fraction of sp³-hybridized carbons (Fsp3) is 0.417. The lowest BCUT2D eigenvalue weighted by molar-refractivity contribution is -0.141. The summed E-state index contributed by atoms with van der Waals surface area (Å²) in [4.78, 5) is 27.8. The van der Waals surface area contributed by atoms with Crippen LogP contribution in [0.3, 0.4) is 0 Å². The van der Waals surface area contributed by atoms with E-state index in [0.29, 0.717) is 13.0 Å². The number of hydrogen-bond acceptors (Lipinski definition) is 2. The Morgan fingerprint density at radius 1 is 1.03 bits per heavy atom. The van der Waals surface area contributed by atoms with Gasteiger partial charge in [0.05, 0.1) is 6.42 Å². The van der Waals surface area contributed by atoms with Crippen LogP contribution in [0.5, 0.6) is 0 Å². The molecule has 2 atom stereocenters. The molecule has 2 aromatic rings. The molecule has 0 aliphatic carbocycles. The van der Waals surface area contributed by atoms with Gasteiger partial charge in [-0.2, -0.15) is 0 Å². The largest absolute Gasteiger partial charge is 0.352 e. The molecule has 0 unspecified atom stereocenters. The molecule has 0 heterocycles. The Balaban J connectivity index is 2.30. The summed E-state index contributed by atoms with van der Waals surface area (Å²) in [6.45, 7) is 8.24. The van der Waals surface area contributed by atoms with Gasteiger partial charge in [-0.05, 0) is 55.5 Å². The van der Waals surface area contributed by atoms with Crippen LogP contribution in [0.1, 0.15) is 50.3 Å². The molecule has 4 nitrogen and oxygen atoms in total. The standard InChI is InChI=1S/C24H31FN2O2/c1-5-18(4)26-24(29)22(6-2)27(16-20-10-8-7-9-17(20)3)23(28)15-19-11-13-21(25)14-12-19/h7-14,18,22H,5-6,15-16H2,1-4H3,(H,26,29)/t18-,22+/m1/s1. The second-order valence-corrected chi connectivity index (χ2v) is 7.49. The van der Waals surface area contributed by atoms with Gasteiger partial charge in [-0.15, -0.1) is 0 Å². The van der Waals surface area contributed by atoms with E-state index in [-0.39, 0.29) is 30.1 Å². The molecule has 0 aromatic heterocycles. The molecule has 5 heteroatoms. The lowest BCUT2D eigenvalue weighted by atomic mass is 10.0. The third-order valence-corrected chi connectivity index (χ3v) is 5.26. The van der Waals surface area contributed by atoms with Crippen molar-refractivity contribution >= 4 is 11.8 Å². The molecular formula is C24H31FN2O2. The summed E-state index contributed by atoms with van der Waals surface area (Å²) in [5.74, 6) is -0.619. The lowest BCUT2D eigenvalue weighted by Gasteiger charge is -2.32. The van der Waals surface area contributed by atoms with E-state index in [2.05, 4.69) is 5.32 Å². The Hall–Kier alpha value is -2.69. The van der Waals surface area contributed by atoms with Crippen LogP contribution >= 0.6 is 0 Å². The van der Waals surface area contributed by atoms with E-state index >= 15 is 0 Å². The SMILES string of the molecule is CC[C@@H](C)NC(=O)[C@H](CC)N(Cc1ccccc1C)C(=O)Cc1ccc(F)cc1. The van der Waals surface area contributed by atoms with Gasteiger partial charge < -0.3 is 10.2 Å². The van der Waals surface area contributed by atoms with E-state index < -0.39 is 6.04 Å². The number of halogens is 1. The number of hydrogen-bond donors (Lipinski definition) is 1. The molecule has 2 aromatic carbocycles. The normalized spacial score (nSPS) is 12.9. The molecule has 156 valence electrons. The summed E-state index contributed by atoms with van der Waals surface area (Å²) in [6.07, 6.45) is 1.46. The van der Waals surface area contributed by atoms with Gasteiger partial charge in [0.25, 0.3) is 0 Å². The second kappa shape index (κ2) is 10.7. The molecule has 0 aliphatic rings. The smallest absolute Gasteiger partial charge is 0.243 e. The first kappa shape index (κ1) is 22.6. The van der Waals surface area contributed by atoms with Crippen molar-refractivity contribution in [1.82, 2.24) is 10.2 Å². The van der Waals surface area contributed by atoms with Gasteiger partial charge in [0.2, 0.25) is 11.8 Å². The van der Waals surface area contributed by atoms with Crippen molar-refractivity contribution in [3.63, 3.8) is 0 Å². The number of rotatable bonds is 9. The van der Waals surface area contributed by atoms with Gasteiger partial charge >= 0.3 is 0 Å². The summed E-state index contributed by atoms with van der Waals surface area (Å²) in [5, 5.41) is 3.01. The molecule has 0 saturated heterocycles. The Morgan fingerprint density at radius 3 is 2.28 bits per heavy atom. The summed E-state index contributed by atoms with van der Waals surface area (Å²) < 4.78 is 13.2. The van der Waals surface area contributed by atoms with Gasteiger partial charge in [-0.25, -0.2) is 4.39 Å². The zero-order chi connectivity index (χ0) is 21.4. The number of carbonyl (C=O) groups excluding carboxylic acids is 2. The third-order valence-electron chi connectivity index (χ3n) is 5.26. The second-order valence-electron chi connectivity index (χ2n) is 7.49. The number of amides is 2. The van der Waals surface area contributed by atoms with E-state index in [1.807, 2.05) is 52.0 Å². The monoisotopic (exact) mass is 398 g/mol. The van der Waals surface area contributed by atoms with Gasteiger partial charge in [0.15, 0.2) is 0 Å². The van der Waals surface area contributed by atoms with E-state index in [0.717, 1.165) is 23.1 Å². The minimum absolute atomic E-state index is 0.0454. The fourth-order valence-electron chi connectivity index (χ4n) is 3.21. The molecule has 0 bridgehead atoms. The predicted molar refractivity (Wildman–Crippen MR) is 114 cm³/mol. The number of carbonyl (C=O) groups is 2. The first-order valence-electron chi connectivity index (χ1n) is 10.2. The van der Waals surface area contributed by atoms with Crippen LogP contribution in [0, 0.1) is 12.7 Å². The summed E-state index contributed by atoms with van der Waals surface area (Å²) in [6, 6.07) is 13.3. The minimum atomic E-state index is -0.559. The van der Waals surface area contributed by atoms with E-state index in [4.69, 9.17) is 0 Å². The maximum Gasteiger partial charge on any atom is 0.243 e. The predicted octanol–water partition coefficient (Wildman–Crippen LogP) is 4.40. The number of benzene rings is 2. The third kappa shape index (κ3) is 6.41. The summed E-state index contributed by atoms with van der Waals surface area (Å²) in [7, 11) is 0. The summed E-state index contributed by atoms with van der Waals surface area (Å²) >= 11 is 0. The molecule has 0 aliphatic heterocycles. The van der Waals surface area contributed by atoms with Crippen molar-refractivity contribution in [1.29, 1.82) is 0 Å². The maximum atomic E-state index is 13.2. The average molecular weight is 399 g/mol. The van der Waals surface area contributed by atoms with Crippen molar-refractivity contribution < 1.29 is 14.0 Å². The molecule has 1 N–H and O–H groups in total. The van der Waals surface area contributed by atoms with Gasteiger partial charge in [0, 0.05) is 12.6 Å². The Labute approximate surface area is 173 Å². The van der Waals surface area contributed by atoms with E-state index in [9.17, 15) is 14.0 Å². The molecule has 2 rings (SSSR count). The van der Waals surface area contributed by atoms with Crippen molar-refractivity contribution in [2.45, 2.75) is 65.6 Å². The topological polar surface area (TPSA) is 49.4 Å². The van der Waals surface area contributed by atoms with Crippen LogP contribution < -0.4 is 5.32 Å². The lowest BCUT2D eigenvalue weighted by Crippen LogP contribution is -2.51. The van der Waals surface area contributed by atoms with Crippen LogP contribution in [0.2, 0.25) is 0 Å². The fourth-order valence-corrected chi connectivity index (χ4v) is 3.21. The van der Waals surface area contributed by atoms with Gasteiger partial charge in [-0.1, -0.05) is 50.2 Å². The van der Waals surface area contributed by atoms with Crippen LogP contribution in [0.25, 0.3) is 0 Å². The van der Waals surface area contributed by atoms with E-state index in [1.54, 1.807) is 17.0 Å². The molecule has 0 saturated carbocycles. The van der Waals surface area contributed by atoms with Crippen LogP contribution in [-0.2, 0) is 22.6 Å². The minimum Gasteiger partial charge on any atom is -0.352 e. The molecule has 0 fully saturated rings. The van der Waals surface area contributed by atoms with Crippen molar-refractivity contribution in [2.24, 2.45) is 0 Å². The Kier molecular flexibility index (Phi) is 8.37.